The summed E-state index contributed by atoms with van der Waals surface area (Å²) in [6, 6.07) is 3.60. The number of nitrogens with one attached hydrogen (secondary N) is 2. The number of aryl methyl sites for hydroxylation is 1. The van der Waals surface area contributed by atoms with E-state index in [1.165, 1.54) is 19.1 Å². The molecule has 134 valence electrons. The Balaban J connectivity index is 2.28. The summed E-state index contributed by atoms with van der Waals surface area (Å²) in [4.78, 5) is 23.8. The monoisotopic (exact) mass is 346 g/mol. The Morgan fingerprint density at radius 2 is 1.96 bits per heavy atom. The van der Waals surface area contributed by atoms with Crippen LogP contribution in [-0.2, 0) is 11.8 Å². The van der Waals surface area contributed by atoms with Crippen LogP contribution in [0.4, 0.5) is 10.1 Å². The number of amides is 2. The Labute approximate surface area is 146 Å². The summed E-state index contributed by atoms with van der Waals surface area (Å²) >= 11 is 0. The number of halogens is 1. The summed E-state index contributed by atoms with van der Waals surface area (Å²) in [6.45, 7) is 7.32. The molecule has 1 atom stereocenters. The molecule has 2 N–H and O–H groups in total. The van der Waals surface area contributed by atoms with Crippen LogP contribution >= 0.6 is 0 Å². The summed E-state index contributed by atoms with van der Waals surface area (Å²) in [5.74, 6) is -1.35. The molecule has 0 saturated carbocycles. The lowest BCUT2D eigenvalue weighted by atomic mass is 9.83. The van der Waals surface area contributed by atoms with Crippen molar-refractivity contribution in [2.24, 2.45) is 12.5 Å². The molecular weight excluding hydrogens is 323 g/mol. The van der Waals surface area contributed by atoms with E-state index >= 15 is 0 Å². The van der Waals surface area contributed by atoms with E-state index in [9.17, 15) is 14.0 Å². The van der Waals surface area contributed by atoms with Crippen molar-refractivity contribution in [2.45, 2.75) is 33.7 Å². The molecule has 6 nitrogen and oxygen atoms in total. The predicted octanol–water partition coefficient (Wildman–Crippen LogP) is 3.03. The van der Waals surface area contributed by atoms with Crippen LogP contribution in [0.1, 0.15) is 49.7 Å². The highest BCUT2D eigenvalue weighted by Gasteiger charge is 2.29. The first kappa shape index (κ1) is 18.6. The smallest absolute Gasteiger partial charge is 0.251 e. The summed E-state index contributed by atoms with van der Waals surface area (Å²) in [7, 11) is 1.81. The SMILES string of the molecule is CC(=O)Nc1cc(C(=O)N[C@H](c2cnn(C)c2)C(C)(C)C)ccc1F. The van der Waals surface area contributed by atoms with Crippen LogP contribution in [0, 0.1) is 11.2 Å². The van der Waals surface area contributed by atoms with E-state index in [0.29, 0.717) is 0 Å². The molecule has 0 saturated heterocycles. The van der Waals surface area contributed by atoms with E-state index in [1.807, 2.05) is 34.0 Å². The number of carbonyl (C=O) groups is 2. The van der Waals surface area contributed by atoms with Gasteiger partial charge in [0.1, 0.15) is 5.82 Å². The Kier molecular flexibility index (Phi) is 5.25. The Morgan fingerprint density at radius 1 is 1.28 bits per heavy atom. The number of hydrogen-bond acceptors (Lipinski definition) is 3. The van der Waals surface area contributed by atoms with Gasteiger partial charge in [-0.25, -0.2) is 4.39 Å². The van der Waals surface area contributed by atoms with Crippen LogP contribution in [0.5, 0.6) is 0 Å². The number of rotatable bonds is 4. The first-order valence-electron chi connectivity index (χ1n) is 7.94. The quantitative estimate of drug-likeness (QED) is 0.893. The average molecular weight is 346 g/mol. The van der Waals surface area contributed by atoms with Gasteiger partial charge in [-0.3, -0.25) is 14.3 Å². The molecule has 1 heterocycles. The third kappa shape index (κ3) is 4.65. The molecule has 0 aliphatic rings. The Morgan fingerprint density at radius 3 is 2.48 bits per heavy atom. The summed E-state index contributed by atoms with van der Waals surface area (Å²) in [5, 5.41) is 9.51. The molecule has 0 fully saturated rings. The highest BCUT2D eigenvalue weighted by molar-refractivity contribution is 5.97. The van der Waals surface area contributed by atoms with Crippen LogP contribution in [-0.4, -0.2) is 21.6 Å². The van der Waals surface area contributed by atoms with E-state index in [4.69, 9.17) is 0 Å². The molecule has 1 aromatic carbocycles. The molecule has 2 aromatic rings. The fourth-order valence-corrected chi connectivity index (χ4v) is 2.56. The van der Waals surface area contributed by atoms with Crippen LogP contribution in [0.25, 0.3) is 0 Å². The molecule has 2 rings (SSSR count). The summed E-state index contributed by atoms with van der Waals surface area (Å²) in [5.41, 5.74) is 0.879. The maximum absolute atomic E-state index is 13.8. The third-order valence-corrected chi connectivity index (χ3v) is 3.74. The largest absolute Gasteiger partial charge is 0.345 e. The van der Waals surface area contributed by atoms with E-state index in [-0.39, 0.29) is 28.6 Å². The molecule has 1 aromatic heterocycles. The van der Waals surface area contributed by atoms with E-state index in [2.05, 4.69) is 15.7 Å². The second-order valence-corrected chi connectivity index (χ2v) is 7.10. The highest BCUT2D eigenvalue weighted by atomic mass is 19.1. The number of carbonyl (C=O) groups excluding carboxylic acids is 2. The van der Waals surface area contributed by atoms with E-state index in [1.54, 1.807) is 10.9 Å². The van der Waals surface area contributed by atoms with Gasteiger partial charge in [-0.1, -0.05) is 20.8 Å². The summed E-state index contributed by atoms with van der Waals surface area (Å²) < 4.78 is 15.4. The lowest BCUT2D eigenvalue weighted by Gasteiger charge is -2.31. The lowest BCUT2D eigenvalue weighted by molar-refractivity contribution is -0.114. The number of nitrogens with zero attached hydrogens (tertiary/aromatic N) is 2. The molecule has 7 heteroatoms. The predicted molar refractivity (Wildman–Crippen MR) is 93.6 cm³/mol. The van der Waals surface area contributed by atoms with E-state index < -0.39 is 11.7 Å². The first-order valence-corrected chi connectivity index (χ1v) is 7.94. The molecule has 0 aliphatic carbocycles. The van der Waals surface area contributed by atoms with Crippen molar-refractivity contribution in [3.63, 3.8) is 0 Å². The highest BCUT2D eigenvalue weighted by Crippen LogP contribution is 2.32. The van der Waals surface area contributed by atoms with Crippen molar-refractivity contribution in [1.82, 2.24) is 15.1 Å². The fraction of sp³-hybridized carbons (Fsp3) is 0.389. The number of benzene rings is 1. The maximum Gasteiger partial charge on any atom is 0.251 e. The topological polar surface area (TPSA) is 76.0 Å². The fourth-order valence-electron chi connectivity index (χ4n) is 2.56. The van der Waals surface area contributed by atoms with E-state index in [0.717, 1.165) is 11.6 Å². The van der Waals surface area contributed by atoms with Crippen molar-refractivity contribution < 1.29 is 14.0 Å². The second-order valence-electron chi connectivity index (χ2n) is 7.10. The molecule has 0 bridgehead atoms. The number of anilines is 1. The Bertz CT molecular complexity index is 793. The first-order chi connectivity index (χ1) is 11.6. The second kappa shape index (κ2) is 7.04. The third-order valence-electron chi connectivity index (χ3n) is 3.74. The van der Waals surface area contributed by atoms with Gasteiger partial charge < -0.3 is 10.6 Å². The standard InChI is InChI=1S/C18H23FN4O2/c1-11(24)21-15-8-12(6-7-14(15)19)17(25)22-16(18(2,3)4)13-9-20-23(5)10-13/h6-10,16H,1-5H3,(H,21,24)(H,22,25)/t16-/m1/s1. The minimum Gasteiger partial charge on any atom is -0.345 e. The van der Waals surface area contributed by atoms with Gasteiger partial charge in [-0.2, -0.15) is 5.10 Å². The molecule has 0 spiro atoms. The van der Waals surface area contributed by atoms with Gasteiger partial charge in [0.25, 0.3) is 5.91 Å². The van der Waals surface area contributed by atoms with Gasteiger partial charge in [0.2, 0.25) is 5.91 Å². The van der Waals surface area contributed by atoms with Crippen LogP contribution < -0.4 is 10.6 Å². The van der Waals surface area contributed by atoms with Crippen molar-refractivity contribution in [3.05, 3.63) is 47.5 Å². The molecule has 25 heavy (non-hydrogen) atoms. The minimum atomic E-state index is -0.591. The van der Waals surface area contributed by atoms with Gasteiger partial charge in [-0.05, 0) is 23.6 Å². The molecular formula is C18H23FN4O2. The lowest BCUT2D eigenvalue weighted by Crippen LogP contribution is -2.36. The maximum atomic E-state index is 13.8. The average Bonchev–Trinajstić information content (AvgIpc) is 2.91. The summed E-state index contributed by atoms with van der Waals surface area (Å²) in [6.07, 6.45) is 3.56. The normalized spacial score (nSPS) is 12.6. The number of hydrogen-bond donors (Lipinski definition) is 2. The van der Waals surface area contributed by atoms with Crippen LogP contribution in [0.2, 0.25) is 0 Å². The molecule has 0 aliphatic heterocycles. The van der Waals surface area contributed by atoms with Gasteiger partial charge in [0, 0.05) is 31.3 Å². The zero-order valence-corrected chi connectivity index (χ0v) is 15.1. The molecule has 0 radical (unpaired) electrons. The van der Waals surface area contributed by atoms with Gasteiger partial charge >= 0.3 is 0 Å². The number of aromatic nitrogens is 2. The van der Waals surface area contributed by atoms with Crippen molar-refractivity contribution in [3.8, 4) is 0 Å². The van der Waals surface area contributed by atoms with Crippen molar-refractivity contribution in [1.29, 1.82) is 0 Å². The van der Waals surface area contributed by atoms with Crippen molar-refractivity contribution in [2.75, 3.05) is 5.32 Å². The molecule has 0 unspecified atom stereocenters. The van der Waals surface area contributed by atoms with Crippen molar-refractivity contribution >= 4 is 17.5 Å². The zero-order chi connectivity index (χ0) is 18.8. The Hall–Kier alpha value is -2.70. The van der Waals surface area contributed by atoms with Gasteiger partial charge in [-0.15, -0.1) is 0 Å². The van der Waals surface area contributed by atoms with Gasteiger partial charge in [0.05, 0.1) is 17.9 Å². The van der Waals surface area contributed by atoms with Crippen LogP contribution in [0.3, 0.4) is 0 Å². The van der Waals surface area contributed by atoms with Crippen LogP contribution in [0.15, 0.2) is 30.6 Å². The van der Waals surface area contributed by atoms with Gasteiger partial charge in [0.15, 0.2) is 0 Å². The zero-order valence-electron chi connectivity index (χ0n) is 15.1. The molecule has 2 amide bonds. The minimum absolute atomic E-state index is 0.0196.